The van der Waals surface area contributed by atoms with Crippen LogP contribution in [0.4, 0.5) is 0 Å². The summed E-state index contributed by atoms with van der Waals surface area (Å²) in [6, 6.07) is 31.2. The van der Waals surface area contributed by atoms with Crippen LogP contribution in [0.3, 0.4) is 0 Å². The molecule has 0 spiro atoms. The third-order valence-electron chi connectivity index (χ3n) is 5.49. The van der Waals surface area contributed by atoms with Gasteiger partial charge in [0.15, 0.2) is 0 Å². The van der Waals surface area contributed by atoms with Crippen LogP contribution in [0.1, 0.15) is 0 Å². The van der Waals surface area contributed by atoms with Gasteiger partial charge in [-0.2, -0.15) is 21.9 Å². The minimum absolute atomic E-state index is 0. The van der Waals surface area contributed by atoms with Gasteiger partial charge < -0.3 is 0 Å². The molecule has 4 rings (SSSR count). The zero-order valence-electron chi connectivity index (χ0n) is 16.3. The molecule has 0 nitrogen and oxygen atoms in total. The molecule has 144 valence electrons. The fourth-order valence-corrected chi connectivity index (χ4v) is 5.51. The van der Waals surface area contributed by atoms with Crippen molar-refractivity contribution in [2.24, 2.45) is 0 Å². The Morgan fingerprint density at radius 3 is 0.767 bits per heavy atom. The third kappa shape index (κ3) is 4.10. The summed E-state index contributed by atoms with van der Waals surface area (Å²) in [6.45, 7) is 0. The van der Waals surface area contributed by atoms with E-state index in [-0.39, 0.29) is 29.6 Å². The van der Waals surface area contributed by atoms with Crippen LogP contribution < -0.4 is 51.4 Å². The fourth-order valence-electron chi connectivity index (χ4n) is 4.31. The molecule has 0 aliphatic heterocycles. The molecule has 0 heterocycles. The van der Waals surface area contributed by atoms with E-state index in [1.54, 1.807) is 0 Å². The summed E-state index contributed by atoms with van der Waals surface area (Å²) < 4.78 is 0. The van der Waals surface area contributed by atoms with Gasteiger partial charge in [-0.15, -0.1) is 0 Å². The maximum Gasteiger partial charge on any atom is 1.00 e. The second-order valence-electron chi connectivity index (χ2n) is 6.95. The first-order chi connectivity index (χ1) is 14.1. The standard InChI is InChI=1S/C24H16BCl4.Na/c26-21-13-5-1-9-17(21)25(18-10-2-6-14-22(18)27,19-11-3-7-15-23(19)28)20-12-4-8-16-24(20)29;/h1-16H;/q-1;+1. The second kappa shape index (κ2) is 10.1. The van der Waals surface area contributed by atoms with Crippen molar-refractivity contribution in [1.29, 1.82) is 0 Å². The molecule has 0 fully saturated rings. The summed E-state index contributed by atoms with van der Waals surface area (Å²) in [5.74, 6) is 0. The Morgan fingerprint density at radius 1 is 0.367 bits per heavy atom. The molecule has 0 saturated carbocycles. The van der Waals surface area contributed by atoms with E-state index in [1.165, 1.54) is 0 Å². The molecule has 0 atom stereocenters. The van der Waals surface area contributed by atoms with Crippen LogP contribution >= 0.6 is 46.4 Å². The van der Waals surface area contributed by atoms with Gasteiger partial charge in [-0.25, -0.2) is 0 Å². The van der Waals surface area contributed by atoms with Gasteiger partial charge >= 0.3 is 29.6 Å². The predicted molar refractivity (Wildman–Crippen MR) is 130 cm³/mol. The van der Waals surface area contributed by atoms with Gasteiger partial charge in [0.1, 0.15) is 6.15 Å². The summed E-state index contributed by atoms with van der Waals surface area (Å²) in [4.78, 5) is 0. The number of benzene rings is 4. The molecule has 0 amide bonds. The third-order valence-corrected chi connectivity index (χ3v) is 6.86. The van der Waals surface area contributed by atoms with Crippen molar-refractivity contribution in [2.45, 2.75) is 0 Å². The van der Waals surface area contributed by atoms with E-state index in [9.17, 15) is 0 Å². The normalized spacial score (nSPS) is 11.1. The molecule has 0 unspecified atom stereocenters. The van der Waals surface area contributed by atoms with E-state index in [0.29, 0.717) is 20.1 Å². The van der Waals surface area contributed by atoms with Crippen LogP contribution in [-0.2, 0) is 0 Å². The zero-order valence-corrected chi connectivity index (χ0v) is 21.4. The molecule has 30 heavy (non-hydrogen) atoms. The molecular weight excluding hydrogens is 464 g/mol. The molecule has 0 aliphatic carbocycles. The van der Waals surface area contributed by atoms with E-state index in [0.717, 1.165) is 21.9 Å². The average Bonchev–Trinajstić information content (AvgIpc) is 2.73. The summed E-state index contributed by atoms with van der Waals surface area (Å²) in [5, 5.41) is 2.53. The van der Waals surface area contributed by atoms with Crippen molar-refractivity contribution in [1.82, 2.24) is 0 Å². The molecule has 0 bridgehead atoms. The SMILES string of the molecule is Clc1ccccc1[B-](c1ccccc1Cl)(c1ccccc1Cl)c1ccccc1Cl.[Na+]. The van der Waals surface area contributed by atoms with Crippen LogP contribution in [0.25, 0.3) is 0 Å². The molecule has 0 radical (unpaired) electrons. The topological polar surface area (TPSA) is 0 Å². The van der Waals surface area contributed by atoms with Gasteiger partial charge in [0.2, 0.25) is 0 Å². The molecular formula is C24H16BCl4Na. The Hall–Kier alpha value is -0.895. The molecule has 4 aromatic carbocycles. The average molecular weight is 480 g/mol. The Kier molecular flexibility index (Phi) is 8.04. The number of hydrogen-bond donors (Lipinski definition) is 0. The van der Waals surface area contributed by atoms with Crippen LogP contribution in [0.5, 0.6) is 0 Å². The number of halogens is 4. The summed E-state index contributed by atoms with van der Waals surface area (Å²) in [5.41, 5.74) is 3.68. The van der Waals surface area contributed by atoms with E-state index >= 15 is 0 Å². The molecule has 0 N–H and O–H groups in total. The van der Waals surface area contributed by atoms with Crippen molar-refractivity contribution >= 4 is 74.4 Å². The van der Waals surface area contributed by atoms with Gasteiger partial charge in [-0.05, 0) is 24.3 Å². The number of rotatable bonds is 4. The maximum atomic E-state index is 6.80. The largest absolute Gasteiger partial charge is 1.00 e. The van der Waals surface area contributed by atoms with E-state index in [2.05, 4.69) is 0 Å². The Balaban J connectivity index is 0.00000256. The molecule has 0 aliphatic rings. The van der Waals surface area contributed by atoms with Gasteiger partial charge in [-0.3, -0.25) is 0 Å². The van der Waals surface area contributed by atoms with Crippen molar-refractivity contribution in [3.63, 3.8) is 0 Å². The first-order valence-corrected chi connectivity index (χ1v) is 10.7. The quantitative estimate of drug-likeness (QED) is 0.395. The van der Waals surface area contributed by atoms with Gasteiger partial charge in [0.05, 0.1) is 0 Å². The summed E-state index contributed by atoms with van der Waals surface area (Å²) >= 11 is 27.2. The van der Waals surface area contributed by atoms with E-state index in [4.69, 9.17) is 46.4 Å². The Labute approximate surface area is 219 Å². The Morgan fingerprint density at radius 2 is 0.567 bits per heavy atom. The van der Waals surface area contributed by atoms with Crippen LogP contribution in [-0.4, -0.2) is 6.15 Å². The van der Waals surface area contributed by atoms with Crippen LogP contribution in [0.2, 0.25) is 20.1 Å². The first kappa shape index (κ1) is 23.8. The van der Waals surface area contributed by atoms with Crippen LogP contribution in [0.15, 0.2) is 97.1 Å². The maximum absolute atomic E-state index is 6.80. The van der Waals surface area contributed by atoms with Crippen molar-refractivity contribution < 1.29 is 29.6 Å². The van der Waals surface area contributed by atoms with Gasteiger partial charge in [-0.1, -0.05) is 119 Å². The van der Waals surface area contributed by atoms with Crippen molar-refractivity contribution in [3.8, 4) is 0 Å². The minimum atomic E-state index is -1.85. The summed E-state index contributed by atoms with van der Waals surface area (Å²) in [7, 11) is 0. The smallest absolute Gasteiger partial charge is 0.177 e. The molecule has 0 aromatic heterocycles. The zero-order chi connectivity index (χ0) is 20.4. The molecule has 0 saturated heterocycles. The van der Waals surface area contributed by atoms with Crippen LogP contribution in [0, 0.1) is 0 Å². The number of hydrogen-bond acceptors (Lipinski definition) is 0. The first-order valence-electron chi connectivity index (χ1n) is 9.22. The van der Waals surface area contributed by atoms with Crippen molar-refractivity contribution in [3.05, 3.63) is 117 Å². The monoisotopic (exact) mass is 478 g/mol. The van der Waals surface area contributed by atoms with Crippen molar-refractivity contribution in [2.75, 3.05) is 0 Å². The van der Waals surface area contributed by atoms with Gasteiger partial charge in [0, 0.05) is 20.1 Å². The Bertz CT molecular complexity index is 991. The fraction of sp³-hybridized carbons (Fsp3) is 0. The van der Waals surface area contributed by atoms with E-state index < -0.39 is 6.15 Å². The van der Waals surface area contributed by atoms with E-state index in [1.807, 2.05) is 97.1 Å². The van der Waals surface area contributed by atoms with Gasteiger partial charge in [0.25, 0.3) is 0 Å². The minimum Gasteiger partial charge on any atom is -0.177 e. The predicted octanol–water partition coefficient (Wildman–Crippen LogP) is 2.68. The molecule has 6 heteroatoms. The second-order valence-corrected chi connectivity index (χ2v) is 8.58. The molecule has 4 aromatic rings. The summed E-state index contributed by atoms with van der Waals surface area (Å²) in [6.07, 6.45) is -1.85.